The molecule has 4 aliphatic heterocycles. The lowest BCUT2D eigenvalue weighted by Gasteiger charge is -2.78. The minimum Gasteiger partial charge on any atom is -0.504 e. The maximum Gasteiger partial charge on any atom is 0.166 e. The van der Waals surface area contributed by atoms with Gasteiger partial charge in [0.15, 0.2) is 23.0 Å². The number of methoxy groups -OCH3 is 2. The molecule has 4 N–H and O–H groups in total. The van der Waals surface area contributed by atoms with Crippen molar-refractivity contribution in [2.45, 2.75) is 209 Å². The van der Waals surface area contributed by atoms with E-state index in [0.717, 1.165) is 108 Å². The minimum absolute atomic E-state index is 0.0890. The summed E-state index contributed by atoms with van der Waals surface area (Å²) in [4.78, 5) is 5.67. The van der Waals surface area contributed by atoms with Gasteiger partial charge in [0.25, 0.3) is 0 Å². The van der Waals surface area contributed by atoms with Crippen LogP contribution in [0.1, 0.15) is 162 Å². The molecular formula is C59H82N2O8. The van der Waals surface area contributed by atoms with Crippen LogP contribution >= 0.6 is 0 Å². The van der Waals surface area contributed by atoms with Gasteiger partial charge in [-0.05, 0) is 170 Å². The topological polar surface area (TPSA) is 124 Å². The van der Waals surface area contributed by atoms with E-state index in [4.69, 9.17) is 18.9 Å². The number of aliphatic hydroxyl groups is 2. The van der Waals surface area contributed by atoms with Gasteiger partial charge >= 0.3 is 0 Å². The molecule has 10 aliphatic carbocycles. The molecule has 0 radical (unpaired) electrons. The van der Waals surface area contributed by atoms with E-state index in [1.165, 1.54) is 42.4 Å². The number of nitrogens with zero attached hydrogens (tertiary/aromatic N) is 2. The number of hydrogen-bond acceptors (Lipinski definition) is 10. The first-order valence-electron chi connectivity index (χ1n) is 27.6. The van der Waals surface area contributed by atoms with Crippen LogP contribution in [0, 0.1) is 45.3 Å². The van der Waals surface area contributed by atoms with Gasteiger partial charge in [-0.15, -0.1) is 0 Å². The quantitative estimate of drug-likeness (QED) is 0.194. The van der Waals surface area contributed by atoms with Gasteiger partial charge in [0, 0.05) is 89.7 Å². The Bertz CT molecular complexity index is 2610. The van der Waals surface area contributed by atoms with E-state index in [1.54, 1.807) is 0 Å². The summed E-state index contributed by atoms with van der Waals surface area (Å²) in [5, 5.41) is 52.2. The van der Waals surface area contributed by atoms with Crippen molar-refractivity contribution in [2.75, 3.05) is 40.4 Å². The minimum atomic E-state index is -1.06. The lowest BCUT2D eigenvalue weighted by Crippen LogP contribution is -2.87. The second kappa shape index (κ2) is 13.0. The number of ether oxygens (including phenoxy) is 4. The van der Waals surface area contributed by atoms with Crippen molar-refractivity contribution in [3.8, 4) is 34.1 Å². The fraction of sp³-hybridized carbons (Fsp3) is 0.797. The molecule has 10 heteroatoms. The molecule has 4 heterocycles. The van der Waals surface area contributed by atoms with Crippen LogP contribution in [0.4, 0.5) is 0 Å². The molecule has 0 aromatic heterocycles. The zero-order valence-electron chi connectivity index (χ0n) is 43.7. The lowest BCUT2D eigenvalue weighted by molar-refractivity contribution is -0.345. The molecule has 2 saturated heterocycles. The van der Waals surface area contributed by atoms with Crippen LogP contribution in [0.5, 0.6) is 23.0 Å². The molecule has 14 atom stereocenters. The van der Waals surface area contributed by atoms with Crippen molar-refractivity contribution < 1.29 is 39.4 Å². The van der Waals surface area contributed by atoms with Gasteiger partial charge in [-0.25, -0.2) is 0 Å². The molecule has 14 aliphatic rings. The van der Waals surface area contributed by atoms with Crippen LogP contribution in [0.25, 0.3) is 11.1 Å². The summed E-state index contributed by atoms with van der Waals surface area (Å²) in [6, 6.07) is 4.98. The van der Waals surface area contributed by atoms with Gasteiger partial charge in [-0.1, -0.05) is 41.5 Å². The fourth-order valence-electron chi connectivity index (χ4n) is 20.4. The number of likely N-dealkylation sites (tertiary alicyclic amines) is 2. The molecule has 16 rings (SSSR count). The van der Waals surface area contributed by atoms with E-state index < -0.39 is 44.3 Å². The SMILES string of the molecule is CO[C@]12CC[C@@]3(C[C@@H]1[C@](C)(O)C(C)(C)C)[C@H]1Cc4cc(-c5cc6c7c(c5O)O[C@@]5(C)C78CCN(CC7CC7)[C@H](C6)[C@]86CC[C@@]5(OC)[C@@H]([C@](C)(O)C(C)(C)C)C6)c(O)c5c4[C@@]3(CCN1CC1CC1)[C@H]2O5. The molecule has 2 aromatic rings. The third-order valence-electron chi connectivity index (χ3n) is 24.9. The molecule has 69 heavy (non-hydrogen) atoms. The average molecular weight is 947 g/mol. The molecule has 2 aromatic carbocycles. The summed E-state index contributed by atoms with van der Waals surface area (Å²) in [5.41, 5.74) is -0.536. The van der Waals surface area contributed by atoms with Crippen molar-refractivity contribution in [1.82, 2.24) is 9.80 Å². The van der Waals surface area contributed by atoms with E-state index in [-0.39, 0.29) is 57.8 Å². The highest BCUT2D eigenvalue weighted by Crippen LogP contribution is 2.83. The van der Waals surface area contributed by atoms with Crippen LogP contribution in [-0.4, -0.2) is 117 Å². The smallest absolute Gasteiger partial charge is 0.166 e. The van der Waals surface area contributed by atoms with Crippen molar-refractivity contribution in [3.63, 3.8) is 0 Å². The first kappa shape index (κ1) is 45.0. The van der Waals surface area contributed by atoms with E-state index in [9.17, 15) is 20.4 Å². The molecule has 4 spiro atoms. The van der Waals surface area contributed by atoms with Crippen LogP contribution in [0.3, 0.4) is 0 Å². The third-order valence-corrected chi connectivity index (χ3v) is 24.9. The van der Waals surface area contributed by atoms with Crippen molar-refractivity contribution in [1.29, 1.82) is 0 Å². The summed E-state index contributed by atoms with van der Waals surface area (Å²) in [7, 11) is 3.68. The number of aromatic hydroxyl groups is 2. The normalized spacial score (nSPS) is 44.8. The van der Waals surface area contributed by atoms with Crippen molar-refractivity contribution in [3.05, 3.63) is 34.4 Å². The van der Waals surface area contributed by atoms with Gasteiger partial charge in [0.1, 0.15) is 22.9 Å². The molecule has 10 nitrogen and oxygen atoms in total. The standard InChI is InChI=1S/C59H82N2O8/c1-49(2,3)51(7,64)38-28-54-16-18-57(38,66-10)48-56(54)20-22-60(30-32-12-13-32)40(54)26-34-24-36(44(62)46(68-48)42(34)56)37-25-35-27-41-55-17-19-59(67-11,39(29-55)52(8,65)50(4,5)6)53(9)58(55,43(35)47(69-53)45(37)63)21-23-61(41)31-33-14-15-33/h24-25,32-33,38-41,48,62-65H,12-23,26-31H2,1-11H3/t38-,39-,40-,41-,48-,51+,52+,53+,54-,55-,56+,57-,58?,59-/m1/s1. The summed E-state index contributed by atoms with van der Waals surface area (Å²) >= 11 is 0. The average Bonchev–Trinajstić information content (AvgIpc) is 4.23. The zero-order chi connectivity index (χ0) is 48.4. The van der Waals surface area contributed by atoms with Crippen LogP contribution in [0.15, 0.2) is 12.1 Å². The number of rotatable bonds is 9. The van der Waals surface area contributed by atoms with Crippen LogP contribution < -0.4 is 9.47 Å². The zero-order valence-corrected chi connectivity index (χ0v) is 43.7. The number of phenolic OH excluding ortho intramolecular Hbond substituents is 2. The highest BCUT2D eigenvalue weighted by atomic mass is 16.6. The summed E-state index contributed by atoms with van der Waals surface area (Å²) in [5.74, 6) is 2.41. The van der Waals surface area contributed by atoms with Gasteiger partial charge in [-0.2, -0.15) is 0 Å². The van der Waals surface area contributed by atoms with Gasteiger partial charge < -0.3 is 39.4 Å². The van der Waals surface area contributed by atoms with E-state index in [0.29, 0.717) is 22.6 Å². The first-order chi connectivity index (χ1) is 32.4. The number of phenols is 2. The highest BCUT2D eigenvalue weighted by Gasteiger charge is 2.88. The Kier molecular flexibility index (Phi) is 8.49. The Morgan fingerprint density at radius 1 is 0.652 bits per heavy atom. The van der Waals surface area contributed by atoms with Crippen LogP contribution in [-0.2, 0) is 33.1 Å². The van der Waals surface area contributed by atoms with Crippen LogP contribution in [0.2, 0.25) is 0 Å². The molecule has 1 unspecified atom stereocenters. The fourth-order valence-corrected chi connectivity index (χ4v) is 20.4. The summed E-state index contributed by atoms with van der Waals surface area (Å²) in [6.45, 7) is 23.5. The monoisotopic (exact) mass is 947 g/mol. The highest BCUT2D eigenvalue weighted by molar-refractivity contribution is 5.86. The number of benzene rings is 2. The molecule has 0 amide bonds. The Morgan fingerprint density at radius 3 is 1.77 bits per heavy atom. The molecule has 8 saturated carbocycles. The summed E-state index contributed by atoms with van der Waals surface area (Å²) in [6.07, 6.45) is 13.6. The molecule has 8 bridgehead atoms. The molecular weight excluding hydrogens is 865 g/mol. The van der Waals surface area contributed by atoms with E-state index in [1.807, 2.05) is 28.1 Å². The largest absolute Gasteiger partial charge is 0.504 e. The maximum atomic E-state index is 13.2. The Hall–Kier alpha value is -2.60. The van der Waals surface area contributed by atoms with E-state index in [2.05, 4.69) is 70.4 Å². The summed E-state index contributed by atoms with van der Waals surface area (Å²) < 4.78 is 29.2. The van der Waals surface area contributed by atoms with Crippen molar-refractivity contribution in [2.24, 2.45) is 45.3 Å². The Balaban J connectivity index is 0.968. The molecule has 376 valence electrons. The van der Waals surface area contributed by atoms with E-state index >= 15 is 0 Å². The number of fused-ring (bicyclic) bond motifs is 4. The predicted molar refractivity (Wildman–Crippen MR) is 264 cm³/mol. The Morgan fingerprint density at radius 2 is 1.19 bits per heavy atom. The maximum absolute atomic E-state index is 13.2. The first-order valence-corrected chi connectivity index (χ1v) is 27.6. The van der Waals surface area contributed by atoms with Gasteiger partial charge in [0.05, 0.1) is 16.6 Å². The lowest BCUT2D eigenvalue weighted by atomic mass is 9.30. The van der Waals surface area contributed by atoms with Gasteiger partial charge in [-0.3, -0.25) is 9.80 Å². The second-order valence-electron chi connectivity index (χ2n) is 28.5. The second-order valence-corrected chi connectivity index (χ2v) is 28.5. The number of hydrogen-bond donors (Lipinski definition) is 4. The number of piperidine rings is 2. The van der Waals surface area contributed by atoms with Gasteiger partial charge in [0.2, 0.25) is 0 Å². The third kappa shape index (κ3) is 4.70. The van der Waals surface area contributed by atoms with Crippen molar-refractivity contribution >= 4 is 0 Å². The molecule has 10 fully saturated rings. The predicted octanol–water partition coefficient (Wildman–Crippen LogP) is 9.20. The Labute approximate surface area is 411 Å².